The third-order valence-electron chi connectivity index (χ3n) is 3.24. The van der Waals surface area contributed by atoms with Gasteiger partial charge in [0.15, 0.2) is 0 Å². The van der Waals surface area contributed by atoms with Crippen LogP contribution >= 0.6 is 0 Å². The topological polar surface area (TPSA) is 63.6 Å². The van der Waals surface area contributed by atoms with Gasteiger partial charge in [0, 0.05) is 19.8 Å². The molecule has 4 heteroatoms. The molecule has 0 aliphatic heterocycles. The third kappa shape index (κ3) is 4.74. The number of aryl methyl sites for hydroxylation is 1. The molecule has 0 fully saturated rings. The molecule has 2 rings (SSSR count). The molecule has 0 aliphatic rings. The van der Waals surface area contributed by atoms with Gasteiger partial charge in [0.2, 0.25) is 0 Å². The van der Waals surface area contributed by atoms with Gasteiger partial charge in [0.1, 0.15) is 5.75 Å². The molecule has 0 aromatic heterocycles. The molecule has 0 amide bonds. The van der Waals surface area contributed by atoms with Gasteiger partial charge >= 0.3 is 11.9 Å². The lowest BCUT2D eigenvalue weighted by Crippen LogP contribution is -2.05. The molecule has 4 nitrogen and oxygen atoms in total. The van der Waals surface area contributed by atoms with Crippen LogP contribution in [0.5, 0.6) is 5.75 Å². The Labute approximate surface area is 129 Å². The van der Waals surface area contributed by atoms with Gasteiger partial charge in [-0.1, -0.05) is 42.5 Å². The molecular formula is C18H18O4. The molecular weight excluding hydrogens is 280 g/mol. The van der Waals surface area contributed by atoms with Crippen LogP contribution < -0.4 is 4.74 Å². The Kier molecular flexibility index (Phi) is 5.31. The summed E-state index contributed by atoms with van der Waals surface area (Å²) in [7, 11) is 0. The summed E-state index contributed by atoms with van der Waals surface area (Å²) < 4.78 is 5.24. The highest BCUT2D eigenvalue weighted by molar-refractivity contribution is 5.70. The Bertz CT molecular complexity index is 662. The highest BCUT2D eigenvalue weighted by Crippen LogP contribution is 2.24. The second kappa shape index (κ2) is 7.41. The number of carbonyl (C=O) groups is 2. The highest BCUT2D eigenvalue weighted by atomic mass is 16.5. The fourth-order valence-corrected chi connectivity index (χ4v) is 2.25. The van der Waals surface area contributed by atoms with Crippen molar-refractivity contribution in [1.82, 2.24) is 0 Å². The standard InChI is InChI=1S/C18H18O4/c1-13(19)22-17-9-7-15(8-10-18(20)21)12-16(17)11-14-5-3-2-4-6-14/h2-7,9,12H,8,10-11H2,1H3,(H,20,21). The molecule has 2 aromatic carbocycles. The summed E-state index contributed by atoms with van der Waals surface area (Å²) in [5, 5.41) is 8.78. The number of esters is 1. The van der Waals surface area contributed by atoms with Crippen LogP contribution in [0.4, 0.5) is 0 Å². The number of carboxylic acids is 1. The Balaban J connectivity index is 2.26. The summed E-state index contributed by atoms with van der Waals surface area (Å²) in [5.41, 5.74) is 2.90. The predicted molar refractivity (Wildman–Crippen MR) is 83.0 cm³/mol. The lowest BCUT2D eigenvalue weighted by atomic mass is 10.00. The molecule has 0 aliphatic carbocycles. The van der Waals surface area contributed by atoms with Crippen molar-refractivity contribution in [3.63, 3.8) is 0 Å². The van der Waals surface area contributed by atoms with Crippen LogP contribution in [0.15, 0.2) is 48.5 Å². The molecule has 22 heavy (non-hydrogen) atoms. The van der Waals surface area contributed by atoms with Crippen molar-refractivity contribution < 1.29 is 19.4 Å². The number of ether oxygens (including phenoxy) is 1. The molecule has 114 valence electrons. The number of carboxylic acid groups (broad SMARTS) is 1. The van der Waals surface area contributed by atoms with Crippen molar-refractivity contribution in [2.24, 2.45) is 0 Å². The molecule has 0 unspecified atom stereocenters. The maximum absolute atomic E-state index is 11.2. The summed E-state index contributed by atoms with van der Waals surface area (Å²) in [6.07, 6.45) is 1.17. The van der Waals surface area contributed by atoms with Gasteiger partial charge in [-0.3, -0.25) is 9.59 Å². The lowest BCUT2D eigenvalue weighted by molar-refractivity contribution is -0.137. The van der Waals surface area contributed by atoms with Crippen LogP contribution in [-0.4, -0.2) is 17.0 Å². The van der Waals surface area contributed by atoms with E-state index >= 15 is 0 Å². The number of hydrogen-bond donors (Lipinski definition) is 1. The van der Waals surface area contributed by atoms with E-state index in [0.29, 0.717) is 18.6 Å². The van der Waals surface area contributed by atoms with E-state index in [-0.39, 0.29) is 12.4 Å². The minimum atomic E-state index is -0.825. The van der Waals surface area contributed by atoms with Gasteiger partial charge in [-0.15, -0.1) is 0 Å². The molecule has 2 aromatic rings. The van der Waals surface area contributed by atoms with Gasteiger partial charge in [-0.05, 0) is 29.2 Å². The van der Waals surface area contributed by atoms with E-state index < -0.39 is 5.97 Å². The first-order chi connectivity index (χ1) is 10.5. The highest BCUT2D eigenvalue weighted by Gasteiger charge is 2.09. The second-order valence-corrected chi connectivity index (χ2v) is 5.09. The Morgan fingerprint density at radius 2 is 1.77 bits per heavy atom. The van der Waals surface area contributed by atoms with Crippen molar-refractivity contribution in [1.29, 1.82) is 0 Å². The minimum Gasteiger partial charge on any atom is -0.481 e. The van der Waals surface area contributed by atoms with Gasteiger partial charge in [-0.2, -0.15) is 0 Å². The molecule has 0 atom stereocenters. The van der Waals surface area contributed by atoms with Crippen molar-refractivity contribution >= 4 is 11.9 Å². The van der Waals surface area contributed by atoms with E-state index in [4.69, 9.17) is 9.84 Å². The Morgan fingerprint density at radius 1 is 1.05 bits per heavy atom. The molecule has 0 bridgehead atoms. The number of carbonyl (C=O) groups excluding carboxylic acids is 1. The van der Waals surface area contributed by atoms with E-state index in [1.54, 1.807) is 12.1 Å². The quantitative estimate of drug-likeness (QED) is 0.657. The van der Waals surface area contributed by atoms with Crippen molar-refractivity contribution in [2.75, 3.05) is 0 Å². The molecule has 0 heterocycles. The van der Waals surface area contributed by atoms with Crippen molar-refractivity contribution in [3.05, 3.63) is 65.2 Å². The summed E-state index contributed by atoms with van der Waals surface area (Å²) in [4.78, 5) is 21.9. The maximum atomic E-state index is 11.2. The maximum Gasteiger partial charge on any atom is 0.308 e. The predicted octanol–water partition coefficient (Wildman–Crippen LogP) is 3.22. The number of benzene rings is 2. The van der Waals surface area contributed by atoms with E-state index in [0.717, 1.165) is 16.7 Å². The first kappa shape index (κ1) is 15.8. The molecule has 1 N–H and O–H groups in total. The van der Waals surface area contributed by atoms with E-state index in [1.807, 2.05) is 36.4 Å². The number of aliphatic carboxylic acids is 1. The van der Waals surface area contributed by atoms with E-state index in [9.17, 15) is 9.59 Å². The second-order valence-electron chi connectivity index (χ2n) is 5.09. The summed E-state index contributed by atoms with van der Waals surface area (Å²) in [5.74, 6) is -0.670. The zero-order chi connectivity index (χ0) is 15.9. The summed E-state index contributed by atoms with van der Waals surface area (Å²) in [6, 6.07) is 15.3. The fourth-order valence-electron chi connectivity index (χ4n) is 2.25. The SMILES string of the molecule is CC(=O)Oc1ccc(CCC(=O)O)cc1Cc1ccccc1. The van der Waals surface area contributed by atoms with Crippen LogP contribution in [-0.2, 0) is 22.4 Å². The van der Waals surface area contributed by atoms with E-state index in [1.165, 1.54) is 6.92 Å². The zero-order valence-corrected chi connectivity index (χ0v) is 12.4. The normalized spacial score (nSPS) is 10.2. The molecule has 0 saturated carbocycles. The average molecular weight is 298 g/mol. The largest absolute Gasteiger partial charge is 0.481 e. The third-order valence-corrected chi connectivity index (χ3v) is 3.24. The van der Waals surface area contributed by atoms with Crippen LogP contribution in [0.3, 0.4) is 0 Å². The first-order valence-electron chi connectivity index (χ1n) is 7.10. The van der Waals surface area contributed by atoms with Crippen LogP contribution in [0.2, 0.25) is 0 Å². The summed E-state index contributed by atoms with van der Waals surface area (Å²) >= 11 is 0. The minimum absolute atomic E-state index is 0.0810. The first-order valence-corrected chi connectivity index (χ1v) is 7.10. The van der Waals surface area contributed by atoms with Gasteiger partial charge in [0.05, 0.1) is 0 Å². The Morgan fingerprint density at radius 3 is 2.41 bits per heavy atom. The smallest absolute Gasteiger partial charge is 0.308 e. The van der Waals surface area contributed by atoms with Crippen molar-refractivity contribution in [2.45, 2.75) is 26.2 Å². The number of hydrogen-bond acceptors (Lipinski definition) is 3. The van der Waals surface area contributed by atoms with Crippen LogP contribution in [0, 0.1) is 0 Å². The van der Waals surface area contributed by atoms with Gasteiger partial charge < -0.3 is 9.84 Å². The van der Waals surface area contributed by atoms with E-state index in [2.05, 4.69) is 0 Å². The van der Waals surface area contributed by atoms with Crippen molar-refractivity contribution in [3.8, 4) is 5.75 Å². The Hall–Kier alpha value is -2.62. The molecule has 0 radical (unpaired) electrons. The molecule has 0 saturated heterocycles. The van der Waals surface area contributed by atoms with Crippen LogP contribution in [0.1, 0.15) is 30.0 Å². The molecule has 0 spiro atoms. The lowest BCUT2D eigenvalue weighted by Gasteiger charge is -2.11. The monoisotopic (exact) mass is 298 g/mol. The van der Waals surface area contributed by atoms with Gasteiger partial charge in [0.25, 0.3) is 0 Å². The van der Waals surface area contributed by atoms with Gasteiger partial charge in [-0.25, -0.2) is 0 Å². The summed E-state index contributed by atoms with van der Waals surface area (Å²) in [6.45, 7) is 1.37. The zero-order valence-electron chi connectivity index (χ0n) is 12.4. The number of rotatable bonds is 6. The average Bonchev–Trinajstić information content (AvgIpc) is 2.48. The van der Waals surface area contributed by atoms with Crippen LogP contribution in [0.25, 0.3) is 0 Å². The fraction of sp³-hybridized carbons (Fsp3) is 0.222.